The minimum Gasteiger partial charge on any atom is -0.352 e. The molecule has 0 saturated heterocycles. The second kappa shape index (κ2) is 6.83. The SMILES string of the molecule is CN=C(NCc1ccc(C)c(F)c1)NCc1nncn1C. The zero-order valence-corrected chi connectivity index (χ0v) is 12.4. The van der Waals surface area contributed by atoms with Crippen molar-refractivity contribution in [3.05, 3.63) is 47.3 Å². The van der Waals surface area contributed by atoms with Gasteiger partial charge >= 0.3 is 0 Å². The van der Waals surface area contributed by atoms with Gasteiger partial charge in [0.15, 0.2) is 11.8 Å². The Morgan fingerprint density at radius 2 is 2.10 bits per heavy atom. The van der Waals surface area contributed by atoms with E-state index in [1.54, 1.807) is 26.4 Å². The Morgan fingerprint density at radius 1 is 1.33 bits per heavy atom. The molecule has 0 radical (unpaired) electrons. The molecule has 6 nitrogen and oxygen atoms in total. The first-order valence-corrected chi connectivity index (χ1v) is 6.62. The Kier molecular flexibility index (Phi) is 4.86. The number of guanidine groups is 1. The van der Waals surface area contributed by atoms with Gasteiger partial charge in [-0.25, -0.2) is 4.39 Å². The van der Waals surface area contributed by atoms with E-state index in [0.29, 0.717) is 24.6 Å². The number of nitrogens with one attached hydrogen (secondary N) is 2. The van der Waals surface area contributed by atoms with Gasteiger partial charge < -0.3 is 15.2 Å². The zero-order chi connectivity index (χ0) is 15.2. The number of rotatable bonds is 4. The molecule has 112 valence electrons. The Morgan fingerprint density at radius 3 is 2.71 bits per heavy atom. The van der Waals surface area contributed by atoms with Crippen LogP contribution in [0.5, 0.6) is 0 Å². The molecule has 21 heavy (non-hydrogen) atoms. The summed E-state index contributed by atoms with van der Waals surface area (Å²) in [6.07, 6.45) is 1.64. The minimum atomic E-state index is -0.198. The fourth-order valence-electron chi connectivity index (χ4n) is 1.78. The van der Waals surface area contributed by atoms with Crippen molar-refractivity contribution in [2.24, 2.45) is 12.0 Å². The smallest absolute Gasteiger partial charge is 0.191 e. The molecule has 0 aliphatic rings. The van der Waals surface area contributed by atoms with E-state index in [1.165, 1.54) is 6.07 Å². The number of nitrogens with zero attached hydrogens (tertiary/aromatic N) is 4. The molecule has 0 aliphatic heterocycles. The van der Waals surface area contributed by atoms with Gasteiger partial charge in [0, 0.05) is 20.6 Å². The molecule has 0 spiro atoms. The van der Waals surface area contributed by atoms with Crippen LogP contribution in [-0.2, 0) is 20.1 Å². The van der Waals surface area contributed by atoms with Crippen molar-refractivity contribution in [2.45, 2.75) is 20.0 Å². The summed E-state index contributed by atoms with van der Waals surface area (Å²) in [5, 5.41) is 14.0. The highest BCUT2D eigenvalue weighted by Gasteiger charge is 2.04. The molecule has 0 fully saturated rings. The molecule has 2 aromatic rings. The minimum absolute atomic E-state index is 0.198. The van der Waals surface area contributed by atoms with Gasteiger partial charge in [0.05, 0.1) is 6.54 Å². The molecule has 0 bridgehead atoms. The maximum Gasteiger partial charge on any atom is 0.191 e. The van der Waals surface area contributed by atoms with Crippen LogP contribution in [0.3, 0.4) is 0 Å². The topological polar surface area (TPSA) is 67.1 Å². The lowest BCUT2D eigenvalue weighted by Gasteiger charge is -2.12. The number of benzene rings is 1. The van der Waals surface area contributed by atoms with Crippen LogP contribution in [0.4, 0.5) is 4.39 Å². The van der Waals surface area contributed by atoms with Crippen LogP contribution in [0.15, 0.2) is 29.5 Å². The standard InChI is InChI=1S/C14H19FN6/c1-10-4-5-11(6-12(10)15)7-17-14(16-2)18-8-13-20-19-9-21(13)3/h4-6,9H,7-8H2,1-3H3,(H2,16,17,18). The molecular weight excluding hydrogens is 271 g/mol. The van der Waals surface area contributed by atoms with Gasteiger partial charge in [-0.1, -0.05) is 12.1 Å². The zero-order valence-electron chi connectivity index (χ0n) is 12.4. The van der Waals surface area contributed by atoms with Crippen molar-refractivity contribution >= 4 is 5.96 Å². The maximum absolute atomic E-state index is 13.5. The van der Waals surface area contributed by atoms with Crippen molar-refractivity contribution in [1.29, 1.82) is 0 Å². The fraction of sp³-hybridized carbons (Fsp3) is 0.357. The summed E-state index contributed by atoms with van der Waals surface area (Å²) in [5.41, 5.74) is 1.50. The second-order valence-electron chi connectivity index (χ2n) is 4.72. The lowest BCUT2D eigenvalue weighted by atomic mass is 10.1. The molecule has 0 atom stereocenters. The first-order chi connectivity index (χ1) is 10.1. The first-order valence-electron chi connectivity index (χ1n) is 6.62. The third-order valence-corrected chi connectivity index (χ3v) is 3.14. The quantitative estimate of drug-likeness (QED) is 0.654. The summed E-state index contributed by atoms with van der Waals surface area (Å²) in [6, 6.07) is 5.18. The average molecular weight is 290 g/mol. The molecule has 0 amide bonds. The summed E-state index contributed by atoms with van der Waals surface area (Å²) < 4.78 is 15.3. The molecule has 2 N–H and O–H groups in total. The third kappa shape index (κ3) is 4.01. The van der Waals surface area contributed by atoms with E-state index in [2.05, 4.69) is 25.8 Å². The highest BCUT2D eigenvalue weighted by molar-refractivity contribution is 5.79. The van der Waals surface area contributed by atoms with E-state index in [0.717, 1.165) is 11.4 Å². The summed E-state index contributed by atoms with van der Waals surface area (Å²) in [5.74, 6) is 1.23. The van der Waals surface area contributed by atoms with Crippen molar-refractivity contribution < 1.29 is 4.39 Å². The van der Waals surface area contributed by atoms with E-state index in [4.69, 9.17) is 0 Å². The van der Waals surface area contributed by atoms with Gasteiger partial charge in [0.25, 0.3) is 0 Å². The molecular formula is C14H19FN6. The Labute approximate surface area is 123 Å². The van der Waals surface area contributed by atoms with Crippen LogP contribution >= 0.6 is 0 Å². The van der Waals surface area contributed by atoms with Crippen LogP contribution < -0.4 is 10.6 Å². The molecule has 0 saturated carbocycles. The van der Waals surface area contributed by atoms with Gasteiger partial charge in [-0.05, 0) is 24.1 Å². The van der Waals surface area contributed by atoms with Crippen LogP contribution in [0.1, 0.15) is 17.0 Å². The summed E-state index contributed by atoms with van der Waals surface area (Å²) >= 11 is 0. The summed E-state index contributed by atoms with van der Waals surface area (Å²) in [4.78, 5) is 4.12. The van der Waals surface area contributed by atoms with Gasteiger partial charge in [-0.15, -0.1) is 10.2 Å². The van der Waals surface area contributed by atoms with Crippen LogP contribution in [0.25, 0.3) is 0 Å². The van der Waals surface area contributed by atoms with Crippen molar-refractivity contribution in [3.63, 3.8) is 0 Å². The molecule has 0 aliphatic carbocycles. The van der Waals surface area contributed by atoms with Gasteiger partial charge in [0.1, 0.15) is 12.1 Å². The van der Waals surface area contributed by atoms with E-state index in [9.17, 15) is 4.39 Å². The van der Waals surface area contributed by atoms with Gasteiger partial charge in [-0.2, -0.15) is 0 Å². The van der Waals surface area contributed by atoms with Gasteiger partial charge in [-0.3, -0.25) is 4.99 Å². The summed E-state index contributed by atoms with van der Waals surface area (Å²) in [7, 11) is 3.56. The predicted octanol–water partition coefficient (Wildman–Crippen LogP) is 1.13. The fourth-order valence-corrected chi connectivity index (χ4v) is 1.78. The number of hydrogen-bond donors (Lipinski definition) is 2. The first kappa shape index (κ1) is 15.0. The van der Waals surface area contributed by atoms with E-state index >= 15 is 0 Å². The highest BCUT2D eigenvalue weighted by atomic mass is 19.1. The van der Waals surface area contributed by atoms with Crippen LogP contribution in [-0.4, -0.2) is 27.8 Å². The number of aryl methyl sites for hydroxylation is 2. The van der Waals surface area contributed by atoms with Crippen LogP contribution in [0.2, 0.25) is 0 Å². The molecule has 1 aromatic heterocycles. The van der Waals surface area contributed by atoms with E-state index < -0.39 is 0 Å². The number of aromatic nitrogens is 3. The van der Waals surface area contributed by atoms with E-state index in [-0.39, 0.29) is 5.82 Å². The van der Waals surface area contributed by atoms with Crippen molar-refractivity contribution in [3.8, 4) is 0 Å². The molecule has 1 heterocycles. The summed E-state index contributed by atoms with van der Waals surface area (Å²) in [6.45, 7) is 2.75. The normalized spacial score (nSPS) is 11.5. The molecule has 0 unspecified atom stereocenters. The molecule has 2 rings (SSSR count). The van der Waals surface area contributed by atoms with Crippen molar-refractivity contribution in [2.75, 3.05) is 7.05 Å². The van der Waals surface area contributed by atoms with E-state index in [1.807, 2.05) is 17.7 Å². The maximum atomic E-state index is 13.5. The van der Waals surface area contributed by atoms with Crippen LogP contribution in [0, 0.1) is 12.7 Å². The number of halogens is 1. The molecule has 7 heteroatoms. The van der Waals surface area contributed by atoms with Gasteiger partial charge in [0.2, 0.25) is 0 Å². The number of aliphatic imine (C=N–C) groups is 1. The largest absolute Gasteiger partial charge is 0.352 e. The second-order valence-corrected chi connectivity index (χ2v) is 4.72. The Balaban J connectivity index is 1.88. The van der Waals surface area contributed by atoms with Crippen molar-refractivity contribution in [1.82, 2.24) is 25.4 Å². The lowest BCUT2D eigenvalue weighted by molar-refractivity contribution is 0.615. The number of hydrogen-bond acceptors (Lipinski definition) is 3. The average Bonchev–Trinajstić information content (AvgIpc) is 2.88. The molecule has 1 aromatic carbocycles. The third-order valence-electron chi connectivity index (χ3n) is 3.14. The monoisotopic (exact) mass is 290 g/mol. The lowest BCUT2D eigenvalue weighted by Crippen LogP contribution is -2.36. The Bertz CT molecular complexity index is 634. The highest BCUT2D eigenvalue weighted by Crippen LogP contribution is 2.08. The predicted molar refractivity (Wildman–Crippen MR) is 79.2 cm³/mol. The Hall–Kier alpha value is -2.44.